The van der Waals surface area contributed by atoms with Crippen LogP contribution in [-0.2, 0) is 0 Å². The van der Waals surface area contributed by atoms with E-state index in [1.807, 2.05) is 0 Å². The average molecular weight is 179 g/mol. The van der Waals surface area contributed by atoms with Gasteiger partial charge in [-0.05, 0) is 18.8 Å². The molecule has 0 nitrogen and oxygen atoms in total. The van der Waals surface area contributed by atoms with E-state index >= 15 is 0 Å². The third kappa shape index (κ3) is 4.63. The van der Waals surface area contributed by atoms with Gasteiger partial charge in [-0.3, -0.25) is 0 Å². The minimum atomic E-state index is 0.738. The molecule has 8 heavy (non-hydrogen) atoms. The van der Waals surface area contributed by atoms with Gasteiger partial charge in [-0.1, -0.05) is 36.7 Å². The Bertz CT molecular complexity index is 50.3. The van der Waals surface area contributed by atoms with Crippen molar-refractivity contribution in [3.05, 3.63) is 0 Å². The van der Waals surface area contributed by atoms with Gasteiger partial charge in [0.25, 0.3) is 0 Å². The van der Waals surface area contributed by atoms with Gasteiger partial charge in [-0.25, -0.2) is 0 Å². The Morgan fingerprint density at radius 2 is 1.88 bits per heavy atom. The van der Waals surface area contributed by atoms with E-state index in [9.17, 15) is 0 Å². The lowest BCUT2D eigenvalue weighted by molar-refractivity contribution is 0.565. The first-order valence-corrected chi connectivity index (χ1v) is 4.22. The summed E-state index contributed by atoms with van der Waals surface area (Å²) >= 11 is 3.58. The highest BCUT2D eigenvalue weighted by Gasteiger charge is 2.01. The quantitative estimate of drug-likeness (QED) is 0.583. The molecule has 0 aromatic carbocycles. The monoisotopic (exact) mass is 178 g/mol. The summed E-state index contributed by atoms with van der Waals surface area (Å²) in [7, 11) is 0. The van der Waals surface area contributed by atoms with Crippen molar-refractivity contribution < 1.29 is 0 Å². The Kier molecular flexibility index (Phi) is 4.63. The Hall–Kier alpha value is 0.480. The Balaban J connectivity index is 3.10. The average Bonchev–Trinajstić information content (AvgIpc) is 1.65. The minimum absolute atomic E-state index is 0.738. The molecule has 0 N–H and O–H groups in total. The second kappa shape index (κ2) is 4.37. The lowest BCUT2D eigenvalue weighted by atomic mass is 10.1. The van der Waals surface area contributed by atoms with Crippen molar-refractivity contribution in [3.8, 4) is 0 Å². The van der Waals surface area contributed by atoms with Crippen LogP contribution in [-0.4, -0.2) is 4.83 Å². The van der Waals surface area contributed by atoms with Gasteiger partial charge in [0.15, 0.2) is 0 Å². The third-order valence-corrected chi connectivity index (χ3v) is 2.19. The highest BCUT2D eigenvalue weighted by molar-refractivity contribution is 9.09. The Labute approximate surface area is 60.8 Å². The molecule has 0 saturated carbocycles. The van der Waals surface area contributed by atoms with Gasteiger partial charge in [0.05, 0.1) is 0 Å². The van der Waals surface area contributed by atoms with Gasteiger partial charge in [0, 0.05) is 4.83 Å². The fourth-order valence-corrected chi connectivity index (χ4v) is 1.43. The van der Waals surface area contributed by atoms with Crippen LogP contribution in [0.15, 0.2) is 0 Å². The lowest BCUT2D eigenvalue weighted by Gasteiger charge is -2.07. The fraction of sp³-hybridized carbons (Fsp3) is 1.00. The van der Waals surface area contributed by atoms with E-state index < -0.39 is 0 Å². The fourth-order valence-electron chi connectivity index (χ4n) is 0.678. The summed E-state index contributed by atoms with van der Waals surface area (Å²) in [5.41, 5.74) is 0. The molecule has 1 atom stereocenters. The molecular weight excluding hydrogens is 164 g/mol. The van der Waals surface area contributed by atoms with Gasteiger partial charge >= 0.3 is 0 Å². The Morgan fingerprint density at radius 1 is 1.38 bits per heavy atom. The third-order valence-electron chi connectivity index (χ3n) is 1.17. The molecule has 50 valence electrons. The van der Waals surface area contributed by atoms with Crippen molar-refractivity contribution in [2.45, 2.75) is 38.4 Å². The molecule has 0 aliphatic carbocycles. The van der Waals surface area contributed by atoms with E-state index in [1.54, 1.807) is 0 Å². The predicted molar refractivity (Wildman–Crippen MR) is 42.5 cm³/mol. The first kappa shape index (κ1) is 8.48. The molecule has 0 aliphatic rings. The molecule has 0 heterocycles. The van der Waals surface area contributed by atoms with Crippen LogP contribution in [0.2, 0.25) is 0 Å². The molecule has 0 saturated heterocycles. The summed E-state index contributed by atoms with van der Waals surface area (Å²) in [5, 5.41) is 0. The second-order valence-corrected chi connectivity index (χ2v) is 3.93. The molecule has 0 spiro atoms. The van der Waals surface area contributed by atoms with Crippen molar-refractivity contribution in [3.63, 3.8) is 0 Å². The van der Waals surface area contributed by atoms with E-state index in [4.69, 9.17) is 0 Å². The van der Waals surface area contributed by atoms with E-state index in [0.717, 1.165) is 10.7 Å². The zero-order chi connectivity index (χ0) is 6.57. The zero-order valence-electron chi connectivity index (χ0n) is 5.95. The summed E-state index contributed by atoms with van der Waals surface area (Å²) in [6.07, 6.45) is 2.55. The maximum atomic E-state index is 3.58. The van der Waals surface area contributed by atoms with Crippen molar-refractivity contribution >= 4 is 15.9 Å². The van der Waals surface area contributed by atoms with Crippen molar-refractivity contribution in [2.75, 3.05) is 0 Å². The zero-order valence-corrected chi connectivity index (χ0v) is 7.53. The largest absolute Gasteiger partial charge is 0.0891 e. The summed E-state index contributed by atoms with van der Waals surface area (Å²) in [6.45, 7) is 6.72. The number of alkyl halides is 1. The van der Waals surface area contributed by atoms with Crippen LogP contribution in [0.3, 0.4) is 0 Å². The normalized spacial score (nSPS) is 14.6. The van der Waals surface area contributed by atoms with Crippen LogP contribution in [0, 0.1) is 5.92 Å². The SMILES string of the molecule is CCC(Br)CC(C)C. The van der Waals surface area contributed by atoms with Crippen LogP contribution in [0.5, 0.6) is 0 Å². The summed E-state index contributed by atoms with van der Waals surface area (Å²) in [5.74, 6) is 0.833. The summed E-state index contributed by atoms with van der Waals surface area (Å²) in [6, 6.07) is 0. The minimum Gasteiger partial charge on any atom is -0.0891 e. The molecule has 0 aromatic rings. The van der Waals surface area contributed by atoms with Crippen molar-refractivity contribution in [1.82, 2.24) is 0 Å². The van der Waals surface area contributed by atoms with E-state index in [2.05, 4.69) is 36.7 Å². The summed E-state index contributed by atoms with van der Waals surface area (Å²) in [4.78, 5) is 0.738. The van der Waals surface area contributed by atoms with Gasteiger partial charge in [0.1, 0.15) is 0 Å². The van der Waals surface area contributed by atoms with E-state index in [-0.39, 0.29) is 0 Å². The lowest BCUT2D eigenvalue weighted by Crippen LogP contribution is -1.99. The molecule has 0 radical (unpaired) electrons. The standard InChI is InChI=1S/C7H15Br/c1-4-7(8)5-6(2)3/h6-7H,4-5H2,1-3H3. The summed E-state index contributed by atoms with van der Waals surface area (Å²) < 4.78 is 0. The number of halogens is 1. The van der Waals surface area contributed by atoms with E-state index in [0.29, 0.717) is 0 Å². The first-order valence-electron chi connectivity index (χ1n) is 3.30. The molecule has 0 rings (SSSR count). The molecule has 1 unspecified atom stereocenters. The van der Waals surface area contributed by atoms with Crippen LogP contribution in [0.1, 0.15) is 33.6 Å². The first-order chi connectivity index (χ1) is 3.66. The molecular formula is C7H15Br. The van der Waals surface area contributed by atoms with Gasteiger partial charge in [-0.2, -0.15) is 0 Å². The number of hydrogen-bond donors (Lipinski definition) is 0. The number of hydrogen-bond acceptors (Lipinski definition) is 0. The van der Waals surface area contributed by atoms with Crippen LogP contribution in [0.4, 0.5) is 0 Å². The molecule has 0 aliphatic heterocycles. The molecule has 0 fully saturated rings. The molecule has 0 aromatic heterocycles. The number of rotatable bonds is 3. The van der Waals surface area contributed by atoms with Gasteiger partial charge < -0.3 is 0 Å². The van der Waals surface area contributed by atoms with Crippen LogP contribution < -0.4 is 0 Å². The van der Waals surface area contributed by atoms with Gasteiger partial charge in [-0.15, -0.1) is 0 Å². The van der Waals surface area contributed by atoms with Gasteiger partial charge in [0.2, 0.25) is 0 Å². The topological polar surface area (TPSA) is 0 Å². The smallest absolute Gasteiger partial charge is 0.0145 e. The van der Waals surface area contributed by atoms with Crippen LogP contribution >= 0.6 is 15.9 Å². The highest BCUT2D eigenvalue weighted by Crippen LogP contribution is 2.14. The highest BCUT2D eigenvalue weighted by atomic mass is 79.9. The predicted octanol–water partition coefficient (Wildman–Crippen LogP) is 3.21. The van der Waals surface area contributed by atoms with E-state index in [1.165, 1.54) is 12.8 Å². The molecule has 0 amide bonds. The maximum Gasteiger partial charge on any atom is 0.0145 e. The second-order valence-electron chi connectivity index (χ2n) is 2.64. The Morgan fingerprint density at radius 3 is 2.00 bits per heavy atom. The molecule has 1 heteroatoms. The van der Waals surface area contributed by atoms with Crippen LogP contribution in [0.25, 0.3) is 0 Å². The maximum absolute atomic E-state index is 3.58. The van der Waals surface area contributed by atoms with Crippen molar-refractivity contribution in [1.29, 1.82) is 0 Å². The molecule has 0 bridgehead atoms. The van der Waals surface area contributed by atoms with Crippen molar-refractivity contribution in [2.24, 2.45) is 5.92 Å².